The van der Waals surface area contributed by atoms with Crippen molar-refractivity contribution in [2.24, 2.45) is 0 Å². The number of benzene rings is 1. The fourth-order valence-electron chi connectivity index (χ4n) is 2.14. The zero-order valence-corrected chi connectivity index (χ0v) is 11.6. The summed E-state index contributed by atoms with van der Waals surface area (Å²) in [6.45, 7) is 4.83. The van der Waals surface area contributed by atoms with Crippen LogP contribution in [-0.2, 0) is 0 Å². The van der Waals surface area contributed by atoms with Gasteiger partial charge in [-0.2, -0.15) is 0 Å². The zero-order valence-electron chi connectivity index (χ0n) is 11.6. The van der Waals surface area contributed by atoms with Gasteiger partial charge in [-0.15, -0.1) is 0 Å². The maximum absolute atomic E-state index is 4.69. The molecule has 1 aromatic carbocycles. The lowest BCUT2D eigenvalue weighted by Crippen LogP contribution is -2.04. The summed E-state index contributed by atoms with van der Waals surface area (Å²) < 4.78 is 0. The molecule has 3 rings (SSSR count). The SMILES string of the molecule is CCNc1ncc(C)c(-c2ccc3ccccc3n2)n1. The quantitative estimate of drug-likeness (QED) is 0.787. The van der Waals surface area contributed by atoms with E-state index in [9.17, 15) is 0 Å². The van der Waals surface area contributed by atoms with E-state index < -0.39 is 0 Å². The fourth-order valence-corrected chi connectivity index (χ4v) is 2.14. The van der Waals surface area contributed by atoms with Gasteiger partial charge in [0.05, 0.1) is 16.9 Å². The van der Waals surface area contributed by atoms with Crippen molar-refractivity contribution in [1.82, 2.24) is 15.0 Å². The molecule has 4 nitrogen and oxygen atoms in total. The summed E-state index contributed by atoms with van der Waals surface area (Å²) in [5.74, 6) is 0.642. The second-order valence-corrected chi connectivity index (χ2v) is 4.64. The molecule has 0 saturated carbocycles. The Labute approximate surface area is 117 Å². The molecule has 0 saturated heterocycles. The predicted molar refractivity (Wildman–Crippen MR) is 81.7 cm³/mol. The van der Waals surface area contributed by atoms with Gasteiger partial charge in [0.15, 0.2) is 0 Å². The molecule has 100 valence electrons. The van der Waals surface area contributed by atoms with Gasteiger partial charge in [-0.05, 0) is 31.5 Å². The number of hydrogen-bond acceptors (Lipinski definition) is 4. The van der Waals surface area contributed by atoms with Crippen molar-refractivity contribution in [2.45, 2.75) is 13.8 Å². The molecule has 1 N–H and O–H groups in total. The molecule has 0 radical (unpaired) electrons. The lowest BCUT2D eigenvalue weighted by Gasteiger charge is -2.08. The maximum atomic E-state index is 4.69. The number of nitrogens with one attached hydrogen (secondary N) is 1. The van der Waals surface area contributed by atoms with Crippen LogP contribution in [-0.4, -0.2) is 21.5 Å². The Balaban J connectivity index is 2.12. The molecule has 3 aromatic rings. The molecular weight excluding hydrogens is 248 g/mol. The van der Waals surface area contributed by atoms with Gasteiger partial charge in [-0.25, -0.2) is 15.0 Å². The summed E-state index contributed by atoms with van der Waals surface area (Å²) in [5, 5.41) is 4.27. The lowest BCUT2D eigenvalue weighted by atomic mass is 10.1. The lowest BCUT2D eigenvalue weighted by molar-refractivity contribution is 1.07. The number of hydrogen-bond donors (Lipinski definition) is 1. The number of nitrogens with zero attached hydrogens (tertiary/aromatic N) is 3. The van der Waals surface area contributed by atoms with E-state index in [2.05, 4.69) is 32.4 Å². The van der Waals surface area contributed by atoms with E-state index in [-0.39, 0.29) is 0 Å². The van der Waals surface area contributed by atoms with Crippen LogP contribution < -0.4 is 5.32 Å². The highest BCUT2D eigenvalue weighted by Gasteiger charge is 2.08. The van der Waals surface area contributed by atoms with Crippen molar-refractivity contribution in [3.8, 4) is 11.4 Å². The largest absolute Gasteiger partial charge is 0.354 e. The average Bonchev–Trinajstić information content (AvgIpc) is 2.49. The van der Waals surface area contributed by atoms with E-state index in [0.29, 0.717) is 5.95 Å². The number of anilines is 1. The summed E-state index contributed by atoms with van der Waals surface area (Å²) in [6.07, 6.45) is 1.83. The van der Waals surface area contributed by atoms with Crippen LogP contribution >= 0.6 is 0 Å². The van der Waals surface area contributed by atoms with Crippen LogP contribution in [0.4, 0.5) is 5.95 Å². The third-order valence-corrected chi connectivity index (χ3v) is 3.15. The highest BCUT2D eigenvalue weighted by atomic mass is 15.1. The van der Waals surface area contributed by atoms with Crippen molar-refractivity contribution in [3.05, 3.63) is 48.2 Å². The second kappa shape index (κ2) is 5.25. The van der Waals surface area contributed by atoms with E-state index in [1.54, 1.807) is 0 Å². The van der Waals surface area contributed by atoms with Crippen LogP contribution in [0.3, 0.4) is 0 Å². The maximum Gasteiger partial charge on any atom is 0.223 e. The van der Waals surface area contributed by atoms with E-state index in [1.807, 2.05) is 44.3 Å². The third kappa shape index (κ3) is 2.32. The number of para-hydroxylation sites is 1. The zero-order chi connectivity index (χ0) is 13.9. The monoisotopic (exact) mass is 264 g/mol. The molecule has 2 aromatic heterocycles. The Hall–Kier alpha value is -2.49. The number of rotatable bonds is 3. The summed E-state index contributed by atoms with van der Waals surface area (Å²) >= 11 is 0. The van der Waals surface area contributed by atoms with Gasteiger partial charge in [0.1, 0.15) is 0 Å². The van der Waals surface area contributed by atoms with Gasteiger partial charge in [0, 0.05) is 18.1 Å². The van der Waals surface area contributed by atoms with Crippen LogP contribution in [0.15, 0.2) is 42.6 Å². The molecular formula is C16H16N4. The first-order valence-corrected chi connectivity index (χ1v) is 6.71. The van der Waals surface area contributed by atoms with Gasteiger partial charge in [0.2, 0.25) is 5.95 Å². The number of fused-ring (bicyclic) bond motifs is 1. The molecule has 4 heteroatoms. The minimum absolute atomic E-state index is 0.642. The Morgan fingerprint density at radius 1 is 1.05 bits per heavy atom. The summed E-state index contributed by atoms with van der Waals surface area (Å²) in [5.41, 5.74) is 3.76. The molecule has 0 aliphatic carbocycles. The molecule has 0 amide bonds. The molecule has 0 aliphatic heterocycles. The molecule has 0 spiro atoms. The molecule has 20 heavy (non-hydrogen) atoms. The van der Waals surface area contributed by atoms with Crippen molar-refractivity contribution in [3.63, 3.8) is 0 Å². The van der Waals surface area contributed by atoms with Crippen LogP contribution in [0.5, 0.6) is 0 Å². The van der Waals surface area contributed by atoms with Gasteiger partial charge in [-0.1, -0.05) is 24.3 Å². The average molecular weight is 264 g/mol. The Bertz CT molecular complexity index is 752. The highest BCUT2D eigenvalue weighted by molar-refractivity contribution is 5.81. The van der Waals surface area contributed by atoms with E-state index in [0.717, 1.165) is 34.4 Å². The molecule has 0 fully saturated rings. The normalized spacial score (nSPS) is 10.7. The summed E-state index contributed by atoms with van der Waals surface area (Å²) in [4.78, 5) is 13.5. The molecule has 0 aliphatic rings. The topological polar surface area (TPSA) is 50.7 Å². The minimum atomic E-state index is 0.642. The third-order valence-electron chi connectivity index (χ3n) is 3.15. The van der Waals surface area contributed by atoms with E-state index >= 15 is 0 Å². The Kier molecular flexibility index (Phi) is 3.29. The van der Waals surface area contributed by atoms with Gasteiger partial charge >= 0.3 is 0 Å². The van der Waals surface area contributed by atoms with Crippen LogP contribution in [0.2, 0.25) is 0 Å². The summed E-state index contributed by atoms with van der Waals surface area (Å²) in [7, 11) is 0. The van der Waals surface area contributed by atoms with Gasteiger partial charge < -0.3 is 5.32 Å². The van der Waals surface area contributed by atoms with Crippen LogP contribution in [0, 0.1) is 6.92 Å². The smallest absolute Gasteiger partial charge is 0.223 e. The Morgan fingerprint density at radius 3 is 2.75 bits per heavy atom. The first kappa shape index (κ1) is 12.5. The number of pyridine rings is 1. The first-order valence-electron chi connectivity index (χ1n) is 6.71. The Morgan fingerprint density at radius 2 is 1.90 bits per heavy atom. The van der Waals surface area contributed by atoms with Crippen LogP contribution in [0.25, 0.3) is 22.3 Å². The predicted octanol–water partition coefficient (Wildman–Crippen LogP) is 3.43. The van der Waals surface area contributed by atoms with E-state index in [4.69, 9.17) is 0 Å². The van der Waals surface area contributed by atoms with Crippen molar-refractivity contribution in [2.75, 3.05) is 11.9 Å². The van der Waals surface area contributed by atoms with Crippen molar-refractivity contribution < 1.29 is 0 Å². The minimum Gasteiger partial charge on any atom is -0.354 e. The first-order chi connectivity index (χ1) is 9.78. The molecule has 0 unspecified atom stereocenters. The van der Waals surface area contributed by atoms with Gasteiger partial charge in [0.25, 0.3) is 0 Å². The highest BCUT2D eigenvalue weighted by Crippen LogP contribution is 2.22. The number of aryl methyl sites for hydroxylation is 1. The second-order valence-electron chi connectivity index (χ2n) is 4.64. The standard InChI is InChI=1S/C16H16N4/c1-3-17-16-18-10-11(2)15(20-16)14-9-8-12-6-4-5-7-13(12)19-14/h4-10H,3H2,1-2H3,(H,17,18,20). The summed E-state index contributed by atoms with van der Waals surface area (Å²) in [6, 6.07) is 12.2. The molecule has 0 atom stereocenters. The number of aromatic nitrogens is 3. The molecule has 2 heterocycles. The molecule has 0 bridgehead atoms. The fraction of sp³-hybridized carbons (Fsp3) is 0.188. The van der Waals surface area contributed by atoms with Crippen molar-refractivity contribution >= 4 is 16.9 Å². The van der Waals surface area contributed by atoms with E-state index in [1.165, 1.54) is 0 Å². The van der Waals surface area contributed by atoms with Crippen molar-refractivity contribution in [1.29, 1.82) is 0 Å². The van der Waals surface area contributed by atoms with Crippen LogP contribution in [0.1, 0.15) is 12.5 Å². The van der Waals surface area contributed by atoms with Gasteiger partial charge in [-0.3, -0.25) is 0 Å².